The van der Waals surface area contributed by atoms with Crippen molar-refractivity contribution in [1.29, 1.82) is 0 Å². The van der Waals surface area contributed by atoms with Gasteiger partial charge in [-0.15, -0.1) is 5.10 Å². The van der Waals surface area contributed by atoms with Crippen molar-refractivity contribution < 1.29 is 9.53 Å². The van der Waals surface area contributed by atoms with Crippen LogP contribution in [0.4, 0.5) is 0 Å². The Morgan fingerprint density at radius 2 is 2.28 bits per heavy atom. The van der Waals surface area contributed by atoms with Crippen LogP contribution in [0.5, 0.6) is 0 Å². The van der Waals surface area contributed by atoms with Gasteiger partial charge in [0.2, 0.25) is 5.90 Å². The summed E-state index contributed by atoms with van der Waals surface area (Å²) in [5.41, 5.74) is 3.53. The minimum Gasteiger partial charge on any atom is -0.480 e. The SMILES string of the molecule is CCOC(C)=NNC(=O)c1n[nH]c2ccccc12. The second-order valence-corrected chi connectivity index (χ2v) is 3.62. The smallest absolute Gasteiger partial charge is 0.292 e. The molecule has 0 atom stereocenters. The van der Waals surface area contributed by atoms with Crippen molar-refractivity contribution in [3.05, 3.63) is 30.0 Å². The van der Waals surface area contributed by atoms with Crippen molar-refractivity contribution >= 4 is 22.7 Å². The van der Waals surface area contributed by atoms with E-state index in [-0.39, 0.29) is 5.91 Å². The number of amides is 1. The van der Waals surface area contributed by atoms with Gasteiger partial charge in [0.25, 0.3) is 5.91 Å². The van der Waals surface area contributed by atoms with Crippen LogP contribution < -0.4 is 5.43 Å². The van der Waals surface area contributed by atoms with E-state index < -0.39 is 0 Å². The number of hydrazone groups is 1. The second-order valence-electron chi connectivity index (χ2n) is 3.62. The average molecular weight is 246 g/mol. The average Bonchev–Trinajstić information content (AvgIpc) is 2.80. The summed E-state index contributed by atoms with van der Waals surface area (Å²) in [6.07, 6.45) is 0. The summed E-state index contributed by atoms with van der Waals surface area (Å²) in [5.74, 6) is 0.0391. The summed E-state index contributed by atoms with van der Waals surface area (Å²) >= 11 is 0. The van der Waals surface area contributed by atoms with E-state index in [1.54, 1.807) is 6.92 Å². The highest BCUT2D eigenvalue weighted by atomic mass is 16.5. The monoisotopic (exact) mass is 246 g/mol. The van der Waals surface area contributed by atoms with Crippen molar-refractivity contribution in [2.45, 2.75) is 13.8 Å². The molecule has 1 aromatic heterocycles. The number of nitrogens with zero attached hydrogens (tertiary/aromatic N) is 2. The minimum atomic E-state index is -0.369. The third kappa shape index (κ3) is 2.48. The van der Waals surface area contributed by atoms with Gasteiger partial charge in [-0.2, -0.15) is 5.10 Å². The molecule has 1 aromatic carbocycles. The third-order valence-electron chi connectivity index (χ3n) is 2.35. The van der Waals surface area contributed by atoms with Crippen molar-refractivity contribution in [1.82, 2.24) is 15.6 Å². The highest BCUT2D eigenvalue weighted by Crippen LogP contribution is 2.14. The lowest BCUT2D eigenvalue weighted by Gasteiger charge is -2.01. The fourth-order valence-electron chi connectivity index (χ4n) is 1.56. The topological polar surface area (TPSA) is 79.4 Å². The number of benzene rings is 1. The number of rotatable bonds is 3. The molecule has 0 aliphatic heterocycles. The third-order valence-corrected chi connectivity index (χ3v) is 2.35. The number of para-hydroxylation sites is 1. The first-order valence-corrected chi connectivity index (χ1v) is 5.63. The number of ether oxygens (including phenoxy) is 1. The van der Waals surface area contributed by atoms with E-state index in [1.807, 2.05) is 31.2 Å². The highest BCUT2D eigenvalue weighted by molar-refractivity contribution is 6.04. The Labute approximate surface area is 104 Å². The maximum Gasteiger partial charge on any atom is 0.292 e. The van der Waals surface area contributed by atoms with Crippen LogP contribution in [0.1, 0.15) is 24.3 Å². The molecule has 0 fully saturated rings. The predicted molar refractivity (Wildman–Crippen MR) is 68.3 cm³/mol. The van der Waals surface area contributed by atoms with Crippen LogP contribution in [-0.4, -0.2) is 28.6 Å². The van der Waals surface area contributed by atoms with Gasteiger partial charge in [-0.05, 0) is 13.0 Å². The number of fused-ring (bicyclic) bond motifs is 1. The normalized spacial score (nSPS) is 11.6. The number of hydrogen-bond donors (Lipinski definition) is 2. The van der Waals surface area contributed by atoms with E-state index >= 15 is 0 Å². The van der Waals surface area contributed by atoms with E-state index in [0.29, 0.717) is 18.2 Å². The van der Waals surface area contributed by atoms with E-state index in [2.05, 4.69) is 20.7 Å². The molecule has 0 saturated carbocycles. The minimum absolute atomic E-state index is 0.318. The summed E-state index contributed by atoms with van der Waals surface area (Å²) in [4.78, 5) is 11.9. The van der Waals surface area contributed by atoms with Crippen LogP contribution in [0.3, 0.4) is 0 Å². The summed E-state index contributed by atoms with van der Waals surface area (Å²) in [6.45, 7) is 4.03. The molecule has 94 valence electrons. The largest absolute Gasteiger partial charge is 0.480 e. The lowest BCUT2D eigenvalue weighted by Crippen LogP contribution is -2.20. The van der Waals surface area contributed by atoms with Gasteiger partial charge < -0.3 is 4.74 Å². The van der Waals surface area contributed by atoms with E-state index in [1.165, 1.54) is 0 Å². The first-order chi connectivity index (χ1) is 8.72. The van der Waals surface area contributed by atoms with Crippen molar-refractivity contribution in [2.24, 2.45) is 5.10 Å². The first kappa shape index (κ1) is 12.1. The zero-order valence-corrected chi connectivity index (χ0v) is 10.2. The molecule has 0 radical (unpaired) electrons. The molecule has 2 aromatic rings. The number of nitrogens with one attached hydrogen (secondary N) is 2. The van der Waals surface area contributed by atoms with Crippen LogP contribution in [-0.2, 0) is 4.74 Å². The van der Waals surface area contributed by atoms with Crippen LogP contribution >= 0.6 is 0 Å². The standard InChI is InChI=1S/C12H14N4O2/c1-3-18-8(2)13-16-12(17)11-9-6-4-5-7-10(9)14-15-11/h4-7H,3H2,1-2H3,(H,14,15)(H,16,17). The highest BCUT2D eigenvalue weighted by Gasteiger charge is 2.12. The quantitative estimate of drug-likeness (QED) is 0.491. The molecule has 2 rings (SSSR count). The molecule has 6 nitrogen and oxygen atoms in total. The lowest BCUT2D eigenvalue weighted by molar-refractivity contribution is 0.0949. The fraction of sp³-hybridized carbons (Fsp3) is 0.250. The molecule has 0 aliphatic rings. The molecule has 0 saturated heterocycles. The molecule has 2 N–H and O–H groups in total. The summed E-state index contributed by atoms with van der Waals surface area (Å²) in [7, 11) is 0. The molecule has 1 heterocycles. The number of carbonyl (C=O) groups excluding carboxylic acids is 1. The molecule has 6 heteroatoms. The van der Waals surface area contributed by atoms with Gasteiger partial charge in [0.15, 0.2) is 5.69 Å². The van der Waals surface area contributed by atoms with E-state index in [0.717, 1.165) is 10.9 Å². The maximum absolute atomic E-state index is 11.9. The number of H-pyrrole nitrogens is 1. The van der Waals surface area contributed by atoms with Gasteiger partial charge in [-0.1, -0.05) is 18.2 Å². The Balaban J connectivity index is 2.17. The number of hydrogen-bond acceptors (Lipinski definition) is 4. The summed E-state index contributed by atoms with van der Waals surface area (Å²) in [5, 5.41) is 11.3. The molecule has 0 spiro atoms. The Kier molecular flexibility index (Phi) is 3.57. The van der Waals surface area contributed by atoms with Crippen molar-refractivity contribution in [3.8, 4) is 0 Å². The van der Waals surface area contributed by atoms with Crippen molar-refractivity contribution in [2.75, 3.05) is 6.61 Å². The maximum atomic E-state index is 11.9. The second kappa shape index (κ2) is 5.31. The van der Waals surface area contributed by atoms with Gasteiger partial charge in [0.1, 0.15) is 0 Å². The van der Waals surface area contributed by atoms with Gasteiger partial charge in [0.05, 0.1) is 12.1 Å². The van der Waals surface area contributed by atoms with Crippen LogP contribution in [0, 0.1) is 0 Å². The van der Waals surface area contributed by atoms with Crippen LogP contribution in [0.15, 0.2) is 29.4 Å². The van der Waals surface area contributed by atoms with Gasteiger partial charge in [-0.3, -0.25) is 9.89 Å². The molecule has 0 aliphatic carbocycles. The Bertz CT molecular complexity index is 589. The molecule has 18 heavy (non-hydrogen) atoms. The molecular weight excluding hydrogens is 232 g/mol. The van der Waals surface area contributed by atoms with Gasteiger partial charge in [-0.25, -0.2) is 5.43 Å². The van der Waals surface area contributed by atoms with Crippen molar-refractivity contribution in [3.63, 3.8) is 0 Å². The molecule has 0 unspecified atom stereocenters. The van der Waals surface area contributed by atoms with Gasteiger partial charge >= 0.3 is 0 Å². The number of carbonyl (C=O) groups is 1. The number of aromatic nitrogens is 2. The van der Waals surface area contributed by atoms with Crippen LogP contribution in [0.25, 0.3) is 10.9 Å². The molecule has 0 bridgehead atoms. The predicted octanol–water partition coefficient (Wildman–Crippen LogP) is 1.66. The van der Waals surface area contributed by atoms with E-state index in [4.69, 9.17) is 4.74 Å². The summed E-state index contributed by atoms with van der Waals surface area (Å²) in [6, 6.07) is 7.41. The zero-order valence-electron chi connectivity index (χ0n) is 10.2. The molecule has 1 amide bonds. The first-order valence-electron chi connectivity index (χ1n) is 5.63. The molecular formula is C12H14N4O2. The summed E-state index contributed by atoms with van der Waals surface area (Å²) < 4.78 is 5.10. The Hall–Kier alpha value is -2.37. The Morgan fingerprint density at radius 1 is 1.50 bits per heavy atom. The Morgan fingerprint density at radius 3 is 3.06 bits per heavy atom. The van der Waals surface area contributed by atoms with E-state index in [9.17, 15) is 4.79 Å². The zero-order chi connectivity index (χ0) is 13.0. The van der Waals surface area contributed by atoms with Gasteiger partial charge in [0, 0.05) is 12.3 Å². The van der Waals surface area contributed by atoms with Crippen LogP contribution in [0.2, 0.25) is 0 Å². The lowest BCUT2D eigenvalue weighted by atomic mass is 10.2. The number of aromatic amines is 1. The fourth-order valence-corrected chi connectivity index (χ4v) is 1.56.